The second-order valence-corrected chi connectivity index (χ2v) is 4.99. The Hall–Kier alpha value is -2.26. The van der Waals surface area contributed by atoms with E-state index in [4.69, 9.17) is 0 Å². The van der Waals surface area contributed by atoms with Crippen molar-refractivity contribution in [2.75, 3.05) is 7.05 Å². The summed E-state index contributed by atoms with van der Waals surface area (Å²) in [6.07, 6.45) is 2.11. The molecule has 102 valence electrons. The number of phenols is 1. The highest BCUT2D eigenvalue weighted by Gasteiger charge is 2.05. The largest absolute Gasteiger partial charge is 0.508 e. The molecule has 2 N–H and O–H groups in total. The maximum atomic E-state index is 9.55. The fourth-order valence-electron chi connectivity index (χ4n) is 2.62. The number of hydrogen-bond donors (Lipinski definition) is 2. The van der Waals surface area contributed by atoms with Crippen molar-refractivity contribution in [1.29, 1.82) is 0 Å². The lowest BCUT2D eigenvalue weighted by Crippen LogP contribution is -2.05. The van der Waals surface area contributed by atoms with Gasteiger partial charge in [0, 0.05) is 30.2 Å². The van der Waals surface area contributed by atoms with E-state index in [9.17, 15) is 5.11 Å². The van der Waals surface area contributed by atoms with E-state index >= 15 is 0 Å². The van der Waals surface area contributed by atoms with Crippen molar-refractivity contribution >= 4 is 10.9 Å². The van der Waals surface area contributed by atoms with E-state index in [0.29, 0.717) is 5.75 Å². The zero-order valence-electron chi connectivity index (χ0n) is 11.5. The van der Waals surface area contributed by atoms with Crippen molar-refractivity contribution < 1.29 is 5.11 Å². The van der Waals surface area contributed by atoms with Gasteiger partial charge in [-0.3, -0.25) is 0 Å². The summed E-state index contributed by atoms with van der Waals surface area (Å²) in [6, 6.07) is 15.9. The molecule has 1 aromatic heterocycles. The Labute approximate surface area is 118 Å². The van der Waals surface area contributed by atoms with Gasteiger partial charge in [-0.15, -0.1) is 0 Å². The number of phenolic OH excluding ortho intramolecular Hbond substituents is 1. The van der Waals surface area contributed by atoms with Gasteiger partial charge in [-0.1, -0.05) is 24.3 Å². The van der Waals surface area contributed by atoms with Crippen LogP contribution in [-0.2, 0) is 13.1 Å². The molecule has 0 aliphatic rings. The number of nitrogens with zero attached hydrogens (tertiary/aromatic N) is 1. The van der Waals surface area contributed by atoms with Gasteiger partial charge >= 0.3 is 0 Å². The van der Waals surface area contributed by atoms with Gasteiger partial charge < -0.3 is 15.0 Å². The second kappa shape index (κ2) is 5.39. The summed E-state index contributed by atoms with van der Waals surface area (Å²) >= 11 is 0. The van der Waals surface area contributed by atoms with Gasteiger partial charge in [0.05, 0.1) is 0 Å². The SMILES string of the molecule is CNCc1cccc2c1ccn2Cc1cccc(O)c1. The van der Waals surface area contributed by atoms with E-state index in [0.717, 1.165) is 18.7 Å². The Balaban J connectivity index is 1.98. The number of rotatable bonds is 4. The zero-order chi connectivity index (χ0) is 13.9. The van der Waals surface area contributed by atoms with Crippen LogP contribution < -0.4 is 5.32 Å². The van der Waals surface area contributed by atoms with E-state index < -0.39 is 0 Å². The van der Waals surface area contributed by atoms with Gasteiger partial charge in [0.25, 0.3) is 0 Å². The standard InChI is InChI=1S/C17H18N2O/c1-18-11-14-5-3-7-17-16(14)8-9-19(17)12-13-4-2-6-15(20)10-13/h2-10,18,20H,11-12H2,1H3. The summed E-state index contributed by atoms with van der Waals surface area (Å²) in [5.41, 5.74) is 3.63. The number of benzene rings is 2. The molecule has 0 saturated heterocycles. The monoisotopic (exact) mass is 266 g/mol. The average Bonchev–Trinajstić information content (AvgIpc) is 2.84. The normalized spacial score (nSPS) is 11.1. The molecule has 0 amide bonds. The van der Waals surface area contributed by atoms with Crippen LogP contribution in [0.25, 0.3) is 10.9 Å². The Bertz CT molecular complexity index is 731. The van der Waals surface area contributed by atoms with Gasteiger partial charge in [-0.2, -0.15) is 0 Å². The van der Waals surface area contributed by atoms with Gasteiger partial charge in [0.15, 0.2) is 0 Å². The van der Waals surface area contributed by atoms with E-state index in [-0.39, 0.29) is 0 Å². The Kier molecular flexibility index (Phi) is 3.44. The van der Waals surface area contributed by atoms with Crippen LogP contribution in [0.2, 0.25) is 0 Å². The number of aromatic hydroxyl groups is 1. The van der Waals surface area contributed by atoms with Gasteiger partial charge in [0.2, 0.25) is 0 Å². The second-order valence-electron chi connectivity index (χ2n) is 4.99. The molecule has 20 heavy (non-hydrogen) atoms. The molecular weight excluding hydrogens is 248 g/mol. The fraction of sp³-hybridized carbons (Fsp3) is 0.176. The summed E-state index contributed by atoms with van der Waals surface area (Å²) < 4.78 is 2.21. The van der Waals surface area contributed by atoms with Crippen LogP contribution in [0.5, 0.6) is 5.75 Å². The highest BCUT2D eigenvalue weighted by atomic mass is 16.3. The predicted molar refractivity (Wildman–Crippen MR) is 81.9 cm³/mol. The molecule has 0 aliphatic carbocycles. The van der Waals surface area contributed by atoms with Gasteiger partial charge in [-0.25, -0.2) is 0 Å². The van der Waals surface area contributed by atoms with E-state index in [2.05, 4.69) is 40.3 Å². The van der Waals surface area contributed by atoms with Crippen molar-refractivity contribution in [2.24, 2.45) is 0 Å². The maximum Gasteiger partial charge on any atom is 0.115 e. The molecule has 0 fully saturated rings. The van der Waals surface area contributed by atoms with Crippen LogP contribution >= 0.6 is 0 Å². The van der Waals surface area contributed by atoms with Crippen LogP contribution in [0.15, 0.2) is 54.7 Å². The minimum Gasteiger partial charge on any atom is -0.508 e. The van der Waals surface area contributed by atoms with Gasteiger partial charge in [-0.05, 0) is 42.4 Å². The summed E-state index contributed by atoms with van der Waals surface area (Å²) in [6.45, 7) is 1.63. The number of hydrogen-bond acceptors (Lipinski definition) is 2. The average molecular weight is 266 g/mol. The number of fused-ring (bicyclic) bond motifs is 1. The molecule has 3 aromatic rings. The summed E-state index contributed by atoms with van der Waals surface area (Å²) in [5, 5.41) is 14.0. The van der Waals surface area contributed by atoms with Crippen molar-refractivity contribution in [1.82, 2.24) is 9.88 Å². The van der Waals surface area contributed by atoms with Crippen LogP contribution in [0.3, 0.4) is 0 Å². The molecule has 0 aliphatic heterocycles. The fourth-order valence-corrected chi connectivity index (χ4v) is 2.62. The van der Waals surface area contributed by atoms with E-state index in [1.54, 1.807) is 6.07 Å². The molecule has 0 unspecified atom stereocenters. The van der Waals surface area contributed by atoms with Crippen LogP contribution in [0, 0.1) is 0 Å². The summed E-state index contributed by atoms with van der Waals surface area (Å²) in [5.74, 6) is 0.315. The maximum absolute atomic E-state index is 9.55. The summed E-state index contributed by atoms with van der Waals surface area (Å²) in [7, 11) is 1.96. The third kappa shape index (κ3) is 2.40. The third-order valence-corrected chi connectivity index (χ3v) is 3.53. The highest BCUT2D eigenvalue weighted by Crippen LogP contribution is 2.22. The molecule has 2 aromatic carbocycles. The molecule has 0 radical (unpaired) electrons. The van der Waals surface area contributed by atoms with Crippen molar-refractivity contribution in [2.45, 2.75) is 13.1 Å². The first kappa shape index (κ1) is 12.8. The number of aromatic nitrogens is 1. The first-order valence-electron chi connectivity index (χ1n) is 6.77. The first-order valence-corrected chi connectivity index (χ1v) is 6.77. The quantitative estimate of drug-likeness (QED) is 0.761. The molecular formula is C17H18N2O. The van der Waals surface area contributed by atoms with Crippen molar-refractivity contribution in [3.05, 3.63) is 65.9 Å². The minimum atomic E-state index is 0.315. The topological polar surface area (TPSA) is 37.2 Å². The lowest BCUT2D eigenvalue weighted by Gasteiger charge is -2.08. The predicted octanol–water partition coefficient (Wildman–Crippen LogP) is 3.11. The lowest BCUT2D eigenvalue weighted by molar-refractivity contribution is 0.474. The Morgan fingerprint density at radius 1 is 1.10 bits per heavy atom. The molecule has 1 heterocycles. The molecule has 0 atom stereocenters. The van der Waals surface area contributed by atoms with Crippen molar-refractivity contribution in [3.8, 4) is 5.75 Å². The molecule has 0 saturated carbocycles. The zero-order valence-corrected chi connectivity index (χ0v) is 11.5. The molecule has 3 heteroatoms. The molecule has 3 nitrogen and oxygen atoms in total. The molecule has 3 rings (SSSR count). The van der Waals surface area contributed by atoms with Crippen LogP contribution in [-0.4, -0.2) is 16.7 Å². The van der Waals surface area contributed by atoms with E-state index in [1.807, 2.05) is 25.2 Å². The van der Waals surface area contributed by atoms with Crippen LogP contribution in [0.4, 0.5) is 0 Å². The summed E-state index contributed by atoms with van der Waals surface area (Å²) in [4.78, 5) is 0. The highest BCUT2D eigenvalue weighted by molar-refractivity contribution is 5.83. The van der Waals surface area contributed by atoms with E-state index in [1.165, 1.54) is 16.5 Å². The Morgan fingerprint density at radius 2 is 1.95 bits per heavy atom. The minimum absolute atomic E-state index is 0.315. The van der Waals surface area contributed by atoms with Gasteiger partial charge in [0.1, 0.15) is 5.75 Å². The van der Waals surface area contributed by atoms with Crippen LogP contribution in [0.1, 0.15) is 11.1 Å². The molecule has 0 bridgehead atoms. The smallest absolute Gasteiger partial charge is 0.115 e. The Morgan fingerprint density at radius 3 is 2.75 bits per heavy atom. The molecule has 0 spiro atoms. The third-order valence-electron chi connectivity index (χ3n) is 3.53. The first-order chi connectivity index (χ1) is 9.78. The lowest BCUT2D eigenvalue weighted by atomic mass is 10.1. The number of nitrogens with one attached hydrogen (secondary N) is 1. The van der Waals surface area contributed by atoms with Crippen molar-refractivity contribution in [3.63, 3.8) is 0 Å².